The van der Waals surface area contributed by atoms with E-state index in [9.17, 15) is 13.6 Å². The Morgan fingerprint density at radius 1 is 1.09 bits per heavy atom. The number of hydrogen-bond donors (Lipinski definition) is 1. The van der Waals surface area contributed by atoms with E-state index < -0.39 is 12.4 Å². The van der Waals surface area contributed by atoms with E-state index in [4.69, 9.17) is 16.6 Å². The summed E-state index contributed by atoms with van der Waals surface area (Å²) >= 11 is 8.68. The summed E-state index contributed by atoms with van der Waals surface area (Å²) in [6.07, 6.45) is 0.360. The van der Waals surface area contributed by atoms with Gasteiger partial charge >= 0.3 is 6.61 Å². The summed E-state index contributed by atoms with van der Waals surface area (Å²) in [7, 11) is 0. The molecular weight excluding hydrogens is 542 g/mol. The van der Waals surface area contributed by atoms with Crippen molar-refractivity contribution < 1.29 is 22.7 Å². The Labute approximate surface area is 212 Å². The number of alkyl halides is 2. The fourth-order valence-electron chi connectivity index (χ4n) is 3.05. The molecule has 0 atom stereocenters. The number of nitrogens with one attached hydrogen (secondary N) is 1. The number of anilines is 1. The highest BCUT2D eigenvalue weighted by Gasteiger charge is 2.21. The third-order valence-electron chi connectivity index (χ3n) is 4.67. The molecule has 0 spiro atoms. The van der Waals surface area contributed by atoms with Gasteiger partial charge < -0.3 is 9.15 Å². The van der Waals surface area contributed by atoms with Crippen molar-refractivity contribution in [2.75, 3.05) is 5.43 Å². The topological polar surface area (TPSA) is 81.7 Å². The Balaban J connectivity index is 1.67. The van der Waals surface area contributed by atoms with Crippen molar-refractivity contribution in [2.24, 2.45) is 5.10 Å². The summed E-state index contributed by atoms with van der Waals surface area (Å²) in [6.45, 7) is -2.97. The van der Waals surface area contributed by atoms with Gasteiger partial charge in [-0.3, -0.25) is 10.2 Å². The van der Waals surface area contributed by atoms with Crippen LogP contribution in [0, 0.1) is 4.84 Å². The lowest BCUT2D eigenvalue weighted by molar-refractivity contribution is -0.0498. The highest BCUT2D eigenvalue weighted by Crippen LogP contribution is 2.18. The van der Waals surface area contributed by atoms with E-state index in [0.29, 0.717) is 18.0 Å². The Bertz CT molecular complexity index is 1390. The van der Waals surface area contributed by atoms with Gasteiger partial charge in [0.15, 0.2) is 0 Å². The molecule has 35 heavy (non-hydrogen) atoms. The average molecular weight is 559 g/mol. The number of carbonyl (C=O) groups excluding carboxylic acids is 1. The van der Waals surface area contributed by atoms with Gasteiger partial charge in [-0.15, -0.1) is 5.10 Å². The van der Waals surface area contributed by atoms with E-state index in [1.807, 2.05) is 30.3 Å². The minimum absolute atomic E-state index is 0.0710. The van der Waals surface area contributed by atoms with Crippen molar-refractivity contribution in [2.45, 2.75) is 13.0 Å². The van der Waals surface area contributed by atoms with Crippen LogP contribution in [-0.2, 0) is 6.42 Å². The monoisotopic (exact) mass is 558 g/mol. The number of ketones is 1. The Morgan fingerprint density at radius 2 is 1.77 bits per heavy atom. The number of nitrogens with zero attached hydrogens (tertiary/aromatic N) is 3. The zero-order valence-corrected chi connectivity index (χ0v) is 20.3. The molecule has 0 saturated carbocycles. The van der Waals surface area contributed by atoms with Crippen LogP contribution in [0.4, 0.5) is 14.5 Å². The van der Waals surface area contributed by atoms with Crippen LogP contribution in [0.5, 0.6) is 5.75 Å². The summed E-state index contributed by atoms with van der Waals surface area (Å²) in [5.74, 6) is -0.505. The molecule has 11 heteroatoms. The summed E-state index contributed by atoms with van der Waals surface area (Å²) < 4.78 is 36.9. The molecule has 1 heterocycles. The van der Waals surface area contributed by atoms with Crippen molar-refractivity contribution in [3.8, 4) is 5.75 Å². The maximum Gasteiger partial charge on any atom is 0.387 e. The largest absolute Gasteiger partial charge is 0.435 e. The van der Waals surface area contributed by atoms with Crippen LogP contribution in [0.1, 0.15) is 21.8 Å². The second-order valence-corrected chi connectivity index (χ2v) is 8.39. The number of ether oxygens (including phenoxy) is 1. The maximum absolute atomic E-state index is 13.4. The molecule has 178 valence electrons. The zero-order chi connectivity index (χ0) is 24.8. The second-order valence-electron chi connectivity index (χ2n) is 7.12. The lowest BCUT2D eigenvalue weighted by Gasteiger charge is -2.08. The van der Waals surface area contributed by atoms with Gasteiger partial charge in [0.25, 0.3) is 4.84 Å². The second kappa shape index (κ2) is 11.2. The Kier molecular flexibility index (Phi) is 7.78. The number of halogens is 3. The molecule has 0 radical (unpaired) electrons. The van der Waals surface area contributed by atoms with Crippen molar-refractivity contribution in [3.05, 3.63) is 105 Å². The number of Topliss-reactive ketones (excluding diaryl/α,β-unsaturated/α-hetero) is 1. The summed E-state index contributed by atoms with van der Waals surface area (Å²) in [4.78, 5) is 13.3. The first-order valence-electron chi connectivity index (χ1n) is 10.2. The maximum atomic E-state index is 13.4. The standard InChI is InChI=1S/C24H17BrF2N4O3S/c25-17-8-10-18(11-9-17)28-29-22(21(32)16-6-12-19(13-7-16)33-23(26)27)31-24(35)34-20(30-31)14-15-4-2-1-3-5-15/h1-13,23,28H,14H2. The highest BCUT2D eigenvalue weighted by molar-refractivity contribution is 9.10. The molecule has 0 aliphatic rings. The van der Waals surface area contributed by atoms with Crippen LogP contribution in [0.3, 0.4) is 0 Å². The SMILES string of the molecule is O=C(C(=NNc1ccc(Br)cc1)n1nc(Cc2ccccc2)oc1=S)c1ccc(OC(F)F)cc1. The minimum atomic E-state index is -2.97. The van der Waals surface area contributed by atoms with Gasteiger partial charge in [0.2, 0.25) is 17.5 Å². The number of carbonyl (C=O) groups is 1. The van der Waals surface area contributed by atoms with Crippen LogP contribution in [0.25, 0.3) is 0 Å². The fourth-order valence-corrected chi connectivity index (χ4v) is 3.53. The predicted octanol–water partition coefficient (Wildman–Crippen LogP) is 6.32. The van der Waals surface area contributed by atoms with E-state index in [1.165, 1.54) is 24.3 Å². The van der Waals surface area contributed by atoms with Crippen LogP contribution in [0.2, 0.25) is 0 Å². The molecule has 0 bridgehead atoms. The fraction of sp³-hybridized carbons (Fsp3) is 0.0833. The third kappa shape index (κ3) is 6.46. The molecule has 0 amide bonds. The van der Waals surface area contributed by atoms with Gasteiger partial charge in [-0.2, -0.15) is 18.6 Å². The number of hydrazone groups is 1. The van der Waals surface area contributed by atoms with Crippen molar-refractivity contribution in [1.82, 2.24) is 9.78 Å². The summed E-state index contributed by atoms with van der Waals surface area (Å²) in [5.41, 5.74) is 4.54. The molecule has 0 aliphatic carbocycles. The first kappa shape index (κ1) is 24.4. The molecule has 4 rings (SSSR count). The molecule has 1 N–H and O–H groups in total. The van der Waals surface area contributed by atoms with E-state index in [1.54, 1.807) is 24.3 Å². The molecule has 4 aromatic rings. The molecule has 0 aliphatic heterocycles. The quantitative estimate of drug-likeness (QED) is 0.0896. The van der Waals surface area contributed by atoms with Crippen molar-refractivity contribution in [1.29, 1.82) is 0 Å². The molecule has 0 unspecified atom stereocenters. The van der Waals surface area contributed by atoms with Crippen molar-refractivity contribution in [3.63, 3.8) is 0 Å². The van der Waals surface area contributed by atoms with Gasteiger partial charge in [-0.1, -0.05) is 46.3 Å². The summed E-state index contributed by atoms with van der Waals surface area (Å²) in [5, 5.41) is 8.60. The summed E-state index contributed by atoms with van der Waals surface area (Å²) in [6, 6.07) is 21.9. The zero-order valence-electron chi connectivity index (χ0n) is 17.9. The molecule has 7 nitrogen and oxygen atoms in total. The van der Waals surface area contributed by atoms with E-state index >= 15 is 0 Å². The lowest BCUT2D eigenvalue weighted by Crippen LogP contribution is -2.26. The average Bonchev–Trinajstić information content (AvgIpc) is 3.20. The van der Waals surface area contributed by atoms with Gasteiger partial charge in [-0.25, -0.2) is 0 Å². The van der Waals surface area contributed by atoms with Crippen molar-refractivity contribution >= 4 is 45.5 Å². The molecular formula is C24H17BrF2N4O3S. The van der Waals surface area contributed by atoms with Gasteiger partial charge in [0.1, 0.15) is 5.75 Å². The molecule has 3 aromatic carbocycles. The molecule has 1 aromatic heterocycles. The first-order chi connectivity index (χ1) is 16.9. The van der Waals surface area contributed by atoms with Crippen LogP contribution in [0.15, 0.2) is 92.9 Å². The predicted molar refractivity (Wildman–Crippen MR) is 133 cm³/mol. The normalized spacial score (nSPS) is 11.5. The first-order valence-corrected chi connectivity index (χ1v) is 11.4. The number of aromatic nitrogens is 2. The van der Waals surface area contributed by atoms with Crippen LogP contribution < -0.4 is 10.2 Å². The third-order valence-corrected chi connectivity index (χ3v) is 5.45. The Morgan fingerprint density at radius 3 is 2.43 bits per heavy atom. The number of hydrogen-bond acceptors (Lipinski definition) is 7. The highest BCUT2D eigenvalue weighted by atomic mass is 79.9. The lowest BCUT2D eigenvalue weighted by atomic mass is 10.1. The van der Waals surface area contributed by atoms with E-state index in [2.05, 4.69) is 36.3 Å². The Hall–Kier alpha value is -3.70. The van der Waals surface area contributed by atoms with Crippen LogP contribution in [-0.4, -0.2) is 28.0 Å². The number of rotatable bonds is 8. The smallest absolute Gasteiger partial charge is 0.387 e. The van der Waals surface area contributed by atoms with E-state index in [0.717, 1.165) is 14.7 Å². The minimum Gasteiger partial charge on any atom is -0.435 e. The van der Waals surface area contributed by atoms with Gasteiger partial charge in [-0.05, 0) is 66.3 Å². The van der Waals surface area contributed by atoms with Crippen LogP contribution >= 0.6 is 28.1 Å². The van der Waals surface area contributed by atoms with E-state index in [-0.39, 0.29) is 22.0 Å². The van der Waals surface area contributed by atoms with Gasteiger partial charge in [0, 0.05) is 10.0 Å². The molecule has 0 fully saturated rings. The molecule has 0 saturated heterocycles. The number of benzene rings is 3. The van der Waals surface area contributed by atoms with Gasteiger partial charge in [0.05, 0.1) is 12.1 Å².